The highest BCUT2D eigenvalue weighted by Crippen LogP contribution is 2.35. The standard InChI is InChI=1S/C15H16BrNO2/c1-10(17)11-7-8-13(12(16)9-11)19-15-6-4-3-5-14(15)18-2/h3-10H,17H2,1-2H3. The SMILES string of the molecule is COc1ccccc1Oc1ccc(C(C)N)cc1Br. The zero-order valence-corrected chi connectivity index (χ0v) is 12.5. The molecule has 0 aliphatic carbocycles. The van der Waals surface area contributed by atoms with Gasteiger partial charge in [0.05, 0.1) is 11.6 Å². The van der Waals surface area contributed by atoms with Crippen LogP contribution in [-0.4, -0.2) is 7.11 Å². The predicted octanol–water partition coefficient (Wildman–Crippen LogP) is 4.27. The van der Waals surface area contributed by atoms with Crippen molar-refractivity contribution in [3.05, 3.63) is 52.5 Å². The third kappa shape index (κ3) is 3.28. The number of rotatable bonds is 4. The Kier molecular flexibility index (Phi) is 4.45. The van der Waals surface area contributed by atoms with Gasteiger partial charge in [-0.1, -0.05) is 18.2 Å². The topological polar surface area (TPSA) is 44.5 Å². The first-order chi connectivity index (χ1) is 9.11. The zero-order valence-electron chi connectivity index (χ0n) is 10.9. The van der Waals surface area contributed by atoms with Gasteiger partial charge < -0.3 is 15.2 Å². The van der Waals surface area contributed by atoms with Gasteiger partial charge in [-0.25, -0.2) is 0 Å². The second-order valence-corrected chi connectivity index (χ2v) is 5.09. The van der Waals surface area contributed by atoms with E-state index >= 15 is 0 Å². The number of hydrogen-bond donors (Lipinski definition) is 1. The first kappa shape index (κ1) is 13.9. The van der Waals surface area contributed by atoms with E-state index in [9.17, 15) is 0 Å². The Morgan fingerprint density at radius 3 is 2.32 bits per heavy atom. The molecule has 3 nitrogen and oxygen atoms in total. The highest BCUT2D eigenvalue weighted by molar-refractivity contribution is 9.10. The van der Waals surface area contributed by atoms with Gasteiger partial charge in [-0.3, -0.25) is 0 Å². The molecule has 2 rings (SSSR count). The van der Waals surface area contributed by atoms with Gasteiger partial charge in [0.1, 0.15) is 5.75 Å². The van der Waals surface area contributed by atoms with E-state index in [1.807, 2.05) is 49.4 Å². The lowest BCUT2D eigenvalue weighted by Gasteiger charge is -2.13. The number of halogens is 1. The minimum Gasteiger partial charge on any atom is -0.493 e. The third-order valence-electron chi connectivity index (χ3n) is 2.77. The van der Waals surface area contributed by atoms with E-state index in [0.717, 1.165) is 15.8 Å². The van der Waals surface area contributed by atoms with E-state index in [1.165, 1.54) is 0 Å². The third-order valence-corrected chi connectivity index (χ3v) is 3.39. The summed E-state index contributed by atoms with van der Waals surface area (Å²) in [5.41, 5.74) is 6.90. The fourth-order valence-electron chi connectivity index (χ4n) is 1.70. The van der Waals surface area contributed by atoms with Crippen LogP contribution in [0.4, 0.5) is 0 Å². The van der Waals surface area contributed by atoms with Gasteiger partial charge in [-0.05, 0) is 52.7 Å². The number of benzene rings is 2. The lowest BCUT2D eigenvalue weighted by molar-refractivity contribution is 0.378. The lowest BCUT2D eigenvalue weighted by atomic mass is 10.1. The van der Waals surface area contributed by atoms with Gasteiger partial charge in [0.2, 0.25) is 0 Å². The molecule has 2 N–H and O–H groups in total. The van der Waals surface area contributed by atoms with Crippen LogP contribution in [0.5, 0.6) is 17.2 Å². The van der Waals surface area contributed by atoms with Crippen LogP contribution in [0, 0.1) is 0 Å². The summed E-state index contributed by atoms with van der Waals surface area (Å²) in [4.78, 5) is 0. The van der Waals surface area contributed by atoms with E-state index in [2.05, 4.69) is 15.9 Å². The summed E-state index contributed by atoms with van der Waals surface area (Å²) in [5.74, 6) is 2.11. The second-order valence-electron chi connectivity index (χ2n) is 4.23. The molecular formula is C15H16BrNO2. The number of ether oxygens (including phenoxy) is 2. The Hall–Kier alpha value is -1.52. The molecule has 0 saturated carbocycles. The summed E-state index contributed by atoms with van der Waals surface area (Å²) >= 11 is 3.50. The molecule has 0 aliphatic rings. The maximum Gasteiger partial charge on any atom is 0.169 e. The second kappa shape index (κ2) is 6.08. The minimum absolute atomic E-state index is 0.00314. The molecule has 0 heterocycles. The summed E-state index contributed by atoms with van der Waals surface area (Å²) in [6.07, 6.45) is 0. The Balaban J connectivity index is 2.28. The van der Waals surface area contributed by atoms with Crippen LogP contribution in [0.2, 0.25) is 0 Å². The van der Waals surface area contributed by atoms with Crippen molar-refractivity contribution in [1.29, 1.82) is 0 Å². The van der Waals surface area contributed by atoms with Crippen molar-refractivity contribution in [1.82, 2.24) is 0 Å². The fraction of sp³-hybridized carbons (Fsp3) is 0.200. The molecule has 100 valence electrons. The van der Waals surface area contributed by atoms with Crippen LogP contribution in [0.25, 0.3) is 0 Å². The number of para-hydroxylation sites is 2. The van der Waals surface area contributed by atoms with Gasteiger partial charge in [-0.2, -0.15) is 0 Å². The van der Waals surface area contributed by atoms with Gasteiger partial charge in [-0.15, -0.1) is 0 Å². The van der Waals surface area contributed by atoms with Gasteiger partial charge in [0, 0.05) is 6.04 Å². The molecule has 0 aromatic heterocycles. The van der Waals surface area contributed by atoms with Crippen molar-refractivity contribution in [2.24, 2.45) is 5.73 Å². The van der Waals surface area contributed by atoms with Crippen molar-refractivity contribution < 1.29 is 9.47 Å². The Morgan fingerprint density at radius 1 is 1.05 bits per heavy atom. The van der Waals surface area contributed by atoms with Crippen molar-refractivity contribution in [2.75, 3.05) is 7.11 Å². The van der Waals surface area contributed by atoms with Crippen LogP contribution < -0.4 is 15.2 Å². The molecule has 0 fully saturated rings. The van der Waals surface area contributed by atoms with Crippen LogP contribution in [-0.2, 0) is 0 Å². The average molecular weight is 322 g/mol. The van der Waals surface area contributed by atoms with Crippen LogP contribution in [0.3, 0.4) is 0 Å². The largest absolute Gasteiger partial charge is 0.493 e. The molecule has 19 heavy (non-hydrogen) atoms. The highest BCUT2D eigenvalue weighted by atomic mass is 79.9. The molecule has 1 unspecified atom stereocenters. The normalized spacial score (nSPS) is 12.0. The number of methoxy groups -OCH3 is 1. The molecule has 1 atom stereocenters. The maximum absolute atomic E-state index is 5.85. The quantitative estimate of drug-likeness (QED) is 0.914. The zero-order chi connectivity index (χ0) is 13.8. The molecule has 4 heteroatoms. The smallest absolute Gasteiger partial charge is 0.169 e. The monoisotopic (exact) mass is 321 g/mol. The molecule has 0 amide bonds. The highest BCUT2D eigenvalue weighted by Gasteiger charge is 2.09. The van der Waals surface area contributed by atoms with Crippen molar-refractivity contribution in [3.63, 3.8) is 0 Å². The van der Waals surface area contributed by atoms with E-state index < -0.39 is 0 Å². The van der Waals surface area contributed by atoms with E-state index in [1.54, 1.807) is 7.11 Å². The van der Waals surface area contributed by atoms with Crippen molar-refractivity contribution in [2.45, 2.75) is 13.0 Å². The number of hydrogen-bond acceptors (Lipinski definition) is 3. The van der Waals surface area contributed by atoms with E-state index in [4.69, 9.17) is 15.2 Å². The average Bonchev–Trinajstić information content (AvgIpc) is 2.41. The fourth-order valence-corrected chi connectivity index (χ4v) is 2.18. The summed E-state index contributed by atoms with van der Waals surface area (Å²) in [7, 11) is 1.62. The lowest BCUT2D eigenvalue weighted by Crippen LogP contribution is -2.04. The Morgan fingerprint density at radius 2 is 1.74 bits per heavy atom. The molecule has 0 saturated heterocycles. The Bertz CT molecular complexity index is 570. The van der Waals surface area contributed by atoms with E-state index in [0.29, 0.717) is 11.5 Å². The van der Waals surface area contributed by atoms with Gasteiger partial charge >= 0.3 is 0 Å². The minimum atomic E-state index is -0.00314. The van der Waals surface area contributed by atoms with Gasteiger partial charge in [0.15, 0.2) is 11.5 Å². The van der Waals surface area contributed by atoms with E-state index in [-0.39, 0.29) is 6.04 Å². The molecule has 2 aromatic rings. The van der Waals surface area contributed by atoms with Crippen LogP contribution >= 0.6 is 15.9 Å². The molecule has 0 radical (unpaired) electrons. The first-order valence-electron chi connectivity index (χ1n) is 5.97. The summed E-state index contributed by atoms with van der Waals surface area (Å²) in [5, 5.41) is 0. The van der Waals surface area contributed by atoms with Crippen molar-refractivity contribution >= 4 is 15.9 Å². The molecule has 0 spiro atoms. The summed E-state index contributed by atoms with van der Waals surface area (Å²) < 4.78 is 12.0. The first-order valence-corrected chi connectivity index (χ1v) is 6.77. The Labute approximate surface area is 121 Å². The molecular weight excluding hydrogens is 306 g/mol. The molecule has 0 aliphatic heterocycles. The number of nitrogens with two attached hydrogens (primary N) is 1. The molecule has 0 bridgehead atoms. The van der Waals surface area contributed by atoms with Crippen LogP contribution in [0.1, 0.15) is 18.5 Å². The summed E-state index contributed by atoms with van der Waals surface area (Å²) in [6, 6.07) is 13.4. The molecule has 2 aromatic carbocycles. The predicted molar refractivity (Wildman–Crippen MR) is 79.8 cm³/mol. The van der Waals surface area contributed by atoms with Gasteiger partial charge in [0.25, 0.3) is 0 Å². The summed E-state index contributed by atoms with van der Waals surface area (Å²) in [6.45, 7) is 1.95. The maximum atomic E-state index is 5.85. The van der Waals surface area contributed by atoms with Crippen LogP contribution in [0.15, 0.2) is 46.9 Å². The van der Waals surface area contributed by atoms with Crippen molar-refractivity contribution in [3.8, 4) is 17.2 Å².